The fraction of sp³-hybridized carbons (Fsp3) is 0.192. The highest BCUT2D eigenvalue weighted by molar-refractivity contribution is 6.10. The van der Waals surface area contributed by atoms with Crippen LogP contribution in [0.3, 0.4) is 0 Å². The van der Waals surface area contributed by atoms with Gasteiger partial charge in [0.1, 0.15) is 0 Å². The first kappa shape index (κ1) is 22.8. The summed E-state index contributed by atoms with van der Waals surface area (Å²) < 4.78 is 15.8. The molecule has 0 spiro atoms. The van der Waals surface area contributed by atoms with E-state index in [9.17, 15) is 14.4 Å². The SMILES string of the molecule is CC[C@@H](C(=O)OCC(=O)Nc1ccccc1C(=O)Nc1ccc2c(c1)OCO2)c1ccccc1. The zero-order valence-electron chi connectivity index (χ0n) is 18.6. The number of para-hydroxylation sites is 1. The minimum Gasteiger partial charge on any atom is -0.455 e. The van der Waals surface area contributed by atoms with Crippen LogP contribution in [-0.4, -0.2) is 31.2 Å². The molecule has 1 aliphatic heterocycles. The van der Waals surface area contributed by atoms with E-state index in [2.05, 4.69) is 10.6 Å². The zero-order valence-corrected chi connectivity index (χ0v) is 18.6. The fourth-order valence-corrected chi connectivity index (χ4v) is 3.61. The van der Waals surface area contributed by atoms with E-state index in [1.807, 2.05) is 37.3 Å². The fourth-order valence-electron chi connectivity index (χ4n) is 3.61. The highest BCUT2D eigenvalue weighted by Crippen LogP contribution is 2.34. The molecule has 4 rings (SSSR count). The van der Waals surface area contributed by atoms with Gasteiger partial charge >= 0.3 is 5.97 Å². The molecule has 1 heterocycles. The monoisotopic (exact) mass is 460 g/mol. The molecule has 0 aliphatic carbocycles. The molecule has 1 aliphatic rings. The van der Waals surface area contributed by atoms with E-state index in [1.165, 1.54) is 0 Å². The molecule has 0 saturated carbocycles. The predicted molar refractivity (Wildman–Crippen MR) is 126 cm³/mol. The Morgan fingerprint density at radius 2 is 1.65 bits per heavy atom. The van der Waals surface area contributed by atoms with Gasteiger partial charge in [0, 0.05) is 11.8 Å². The summed E-state index contributed by atoms with van der Waals surface area (Å²) in [5, 5.41) is 5.43. The van der Waals surface area contributed by atoms with Gasteiger partial charge in [0.15, 0.2) is 18.1 Å². The first-order chi connectivity index (χ1) is 16.5. The molecule has 0 aromatic heterocycles. The van der Waals surface area contributed by atoms with Crippen LogP contribution in [0, 0.1) is 0 Å². The third kappa shape index (κ3) is 5.35. The summed E-state index contributed by atoms with van der Waals surface area (Å²) in [6.45, 7) is 1.56. The van der Waals surface area contributed by atoms with E-state index in [-0.39, 0.29) is 12.4 Å². The quantitative estimate of drug-likeness (QED) is 0.485. The Bertz CT molecular complexity index is 1190. The lowest BCUT2D eigenvalue weighted by molar-refractivity contribution is -0.149. The minimum atomic E-state index is -0.542. The molecule has 174 valence electrons. The van der Waals surface area contributed by atoms with Crippen molar-refractivity contribution < 1.29 is 28.6 Å². The minimum absolute atomic E-state index is 0.135. The van der Waals surface area contributed by atoms with Crippen molar-refractivity contribution in [1.82, 2.24) is 0 Å². The van der Waals surface area contributed by atoms with Crippen LogP contribution in [0.25, 0.3) is 0 Å². The standard InChI is InChI=1S/C26H24N2O6/c1-2-19(17-8-4-3-5-9-17)26(31)32-15-24(29)28-21-11-7-6-10-20(21)25(30)27-18-12-13-22-23(14-18)34-16-33-22/h3-14,19H,2,15-16H2,1H3,(H,27,30)(H,28,29)/t19-/m1/s1. The lowest BCUT2D eigenvalue weighted by Crippen LogP contribution is -2.25. The van der Waals surface area contributed by atoms with Gasteiger partial charge in [-0.25, -0.2) is 0 Å². The van der Waals surface area contributed by atoms with E-state index >= 15 is 0 Å². The Morgan fingerprint density at radius 3 is 2.44 bits per heavy atom. The molecule has 3 aromatic carbocycles. The van der Waals surface area contributed by atoms with E-state index < -0.39 is 30.3 Å². The van der Waals surface area contributed by atoms with Crippen molar-refractivity contribution in [2.45, 2.75) is 19.3 Å². The zero-order chi connectivity index (χ0) is 23.9. The van der Waals surface area contributed by atoms with Crippen LogP contribution in [0.5, 0.6) is 11.5 Å². The molecule has 0 unspecified atom stereocenters. The molecule has 0 saturated heterocycles. The van der Waals surface area contributed by atoms with Gasteiger partial charge in [0.2, 0.25) is 6.79 Å². The van der Waals surface area contributed by atoms with Gasteiger partial charge in [-0.2, -0.15) is 0 Å². The Kier molecular flexibility index (Phi) is 7.07. The van der Waals surface area contributed by atoms with Crippen molar-refractivity contribution in [3.63, 3.8) is 0 Å². The van der Waals surface area contributed by atoms with E-state index in [4.69, 9.17) is 14.2 Å². The predicted octanol–water partition coefficient (Wildman–Crippen LogP) is 4.34. The average Bonchev–Trinajstić information content (AvgIpc) is 3.32. The third-order valence-electron chi connectivity index (χ3n) is 5.32. The highest BCUT2D eigenvalue weighted by atomic mass is 16.7. The number of hydrogen-bond acceptors (Lipinski definition) is 6. The maximum absolute atomic E-state index is 12.8. The van der Waals surface area contributed by atoms with Crippen molar-refractivity contribution in [1.29, 1.82) is 0 Å². The Hall–Kier alpha value is -4.33. The Labute approximate surface area is 196 Å². The van der Waals surface area contributed by atoms with Crippen LogP contribution in [0.2, 0.25) is 0 Å². The number of esters is 1. The van der Waals surface area contributed by atoms with E-state index in [0.29, 0.717) is 29.3 Å². The van der Waals surface area contributed by atoms with Crippen molar-refractivity contribution in [2.75, 3.05) is 24.0 Å². The van der Waals surface area contributed by atoms with Gasteiger partial charge in [0.05, 0.1) is 17.2 Å². The van der Waals surface area contributed by atoms with Gasteiger partial charge in [-0.05, 0) is 36.2 Å². The summed E-state index contributed by atoms with van der Waals surface area (Å²) in [5.74, 6) is -0.729. The summed E-state index contributed by atoms with van der Waals surface area (Å²) >= 11 is 0. The second-order valence-electron chi connectivity index (χ2n) is 7.60. The number of carbonyl (C=O) groups is 3. The highest BCUT2D eigenvalue weighted by Gasteiger charge is 2.22. The number of anilines is 2. The molecule has 8 nitrogen and oxygen atoms in total. The maximum Gasteiger partial charge on any atom is 0.313 e. The molecule has 0 radical (unpaired) electrons. The number of nitrogens with one attached hydrogen (secondary N) is 2. The van der Waals surface area contributed by atoms with Crippen LogP contribution in [0.1, 0.15) is 35.2 Å². The van der Waals surface area contributed by atoms with Crippen LogP contribution < -0.4 is 20.1 Å². The molecule has 3 aromatic rings. The van der Waals surface area contributed by atoms with Gasteiger partial charge in [-0.3, -0.25) is 14.4 Å². The average molecular weight is 460 g/mol. The number of carbonyl (C=O) groups excluding carboxylic acids is 3. The summed E-state index contributed by atoms with van der Waals surface area (Å²) in [6.07, 6.45) is 0.549. The van der Waals surface area contributed by atoms with E-state index in [0.717, 1.165) is 5.56 Å². The van der Waals surface area contributed by atoms with Crippen LogP contribution in [0.15, 0.2) is 72.8 Å². The van der Waals surface area contributed by atoms with Gasteiger partial charge in [-0.1, -0.05) is 49.4 Å². The summed E-state index contributed by atoms with van der Waals surface area (Å²) in [5.41, 5.74) is 1.92. The number of amides is 2. The van der Waals surface area contributed by atoms with Crippen LogP contribution >= 0.6 is 0 Å². The molecule has 8 heteroatoms. The number of benzene rings is 3. The molecule has 34 heavy (non-hydrogen) atoms. The molecule has 1 atom stereocenters. The van der Waals surface area contributed by atoms with Gasteiger partial charge in [-0.15, -0.1) is 0 Å². The molecular formula is C26H24N2O6. The maximum atomic E-state index is 12.8. The number of ether oxygens (including phenoxy) is 3. The first-order valence-corrected chi connectivity index (χ1v) is 10.9. The van der Waals surface area contributed by atoms with Crippen molar-refractivity contribution in [2.24, 2.45) is 0 Å². The number of rotatable bonds is 8. The summed E-state index contributed by atoms with van der Waals surface area (Å²) in [7, 11) is 0. The van der Waals surface area contributed by atoms with Gasteiger partial charge in [0.25, 0.3) is 11.8 Å². The topological polar surface area (TPSA) is 103 Å². The smallest absolute Gasteiger partial charge is 0.313 e. The molecule has 0 bridgehead atoms. The summed E-state index contributed by atoms with van der Waals surface area (Å²) in [4.78, 5) is 37.8. The third-order valence-corrected chi connectivity index (χ3v) is 5.32. The molecule has 2 N–H and O–H groups in total. The van der Waals surface area contributed by atoms with Crippen molar-refractivity contribution >= 4 is 29.2 Å². The van der Waals surface area contributed by atoms with Crippen LogP contribution in [0.4, 0.5) is 11.4 Å². The first-order valence-electron chi connectivity index (χ1n) is 10.9. The Morgan fingerprint density at radius 1 is 0.912 bits per heavy atom. The molecule has 2 amide bonds. The van der Waals surface area contributed by atoms with Crippen molar-refractivity contribution in [3.05, 3.63) is 83.9 Å². The van der Waals surface area contributed by atoms with Crippen molar-refractivity contribution in [3.8, 4) is 11.5 Å². The second kappa shape index (κ2) is 10.5. The summed E-state index contributed by atoms with van der Waals surface area (Å²) in [6, 6.07) is 20.9. The Balaban J connectivity index is 1.37. The second-order valence-corrected chi connectivity index (χ2v) is 7.60. The van der Waals surface area contributed by atoms with Crippen LogP contribution in [-0.2, 0) is 14.3 Å². The lowest BCUT2D eigenvalue weighted by atomic mass is 9.97. The largest absolute Gasteiger partial charge is 0.455 e. The van der Waals surface area contributed by atoms with E-state index in [1.54, 1.807) is 42.5 Å². The molecular weight excluding hydrogens is 436 g/mol. The number of hydrogen-bond donors (Lipinski definition) is 2. The lowest BCUT2D eigenvalue weighted by Gasteiger charge is -2.15. The van der Waals surface area contributed by atoms with Gasteiger partial charge < -0.3 is 24.8 Å². The normalized spacial score (nSPS) is 12.5. The number of fused-ring (bicyclic) bond motifs is 1. The molecule has 0 fully saturated rings.